The summed E-state index contributed by atoms with van der Waals surface area (Å²) in [6.45, 7) is 3.06. The van der Waals surface area contributed by atoms with Gasteiger partial charge in [0, 0.05) is 13.5 Å². The summed E-state index contributed by atoms with van der Waals surface area (Å²) in [6, 6.07) is 0. The Balaban J connectivity index is 2.54. The molecule has 1 saturated heterocycles. The van der Waals surface area contributed by atoms with Crippen LogP contribution in [0.3, 0.4) is 0 Å². The number of ether oxygens (including phenoxy) is 1. The van der Waals surface area contributed by atoms with Crippen LogP contribution < -0.4 is 5.32 Å². The van der Waals surface area contributed by atoms with E-state index in [0.717, 1.165) is 0 Å². The van der Waals surface area contributed by atoms with Crippen molar-refractivity contribution in [1.29, 1.82) is 0 Å². The first-order chi connectivity index (χ1) is 6.93. The van der Waals surface area contributed by atoms with Gasteiger partial charge >= 0.3 is 0 Å². The van der Waals surface area contributed by atoms with Crippen molar-refractivity contribution in [1.82, 2.24) is 5.32 Å². The third-order valence-electron chi connectivity index (χ3n) is 2.50. The molecule has 1 aliphatic heterocycles. The van der Waals surface area contributed by atoms with E-state index in [-0.39, 0.29) is 12.5 Å². The summed E-state index contributed by atoms with van der Waals surface area (Å²) in [6.07, 6.45) is -4.80. The SMILES string of the molecule is CC(=O)NCC1O[C@@H](C)[C@H](O)C(O)[C@H]1O. The maximum Gasteiger partial charge on any atom is 0.216 e. The Morgan fingerprint density at radius 2 is 1.87 bits per heavy atom. The Bertz CT molecular complexity index is 235. The van der Waals surface area contributed by atoms with Crippen LogP contribution >= 0.6 is 0 Å². The van der Waals surface area contributed by atoms with Gasteiger partial charge in [-0.25, -0.2) is 0 Å². The molecule has 0 saturated carbocycles. The second kappa shape index (κ2) is 4.89. The fourth-order valence-corrected chi connectivity index (χ4v) is 1.55. The van der Waals surface area contributed by atoms with E-state index in [1.54, 1.807) is 6.92 Å². The van der Waals surface area contributed by atoms with Gasteiger partial charge in [-0.1, -0.05) is 0 Å². The van der Waals surface area contributed by atoms with Crippen LogP contribution in [0.4, 0.5) is 0 Å². The van der Waals surface area contributed by atoms with Crippen molar-refractivity contribution < 1.29 is 24.9 Å². The van der Waals surface area contributed by atoms with Crippen LogP contribution in [-0.4, -0.2) is 58.3 Å². The van der Waals surface area contributed by atoms with Gasteiger partial charge in [0.2, 0.25) is 5.91 Å². The van der Waals surface area contributed by atoms with E-state index in [1.807, 2.05) is 0 Å². The number of hydrogen-bond acceptors (Lipinski definition) is 5. The molecule has 0 aromatic carbocycles. The number of rotatable bonds is 2. The molecule has 2 unspecified atom stereocenters. The molecule has 1 fully saturated rings. The molecule has 6 nitrogen and oxygen atoms in total. The van der Waals surface area contributed by atoms with Crippen molar-refractivity contribution >= 4 is 5.91 Å². The average molecular weight is 219 g/mol. The lowest BCUT2D eigenvalue weighted by atomic mass is 9.95. The fraction of sp³-hybridized carbons (Fsp3) is 0.889. The zero-order chi connectivity index (χ0) is 11.6. The minimum Gasteiger partial charge on any atom is -0.388 e. The summed E-state index contributed by atoms with van der Waals surface area (Å²) in [4.78, 5) is 10.7. The molecule has 0 spiro atoms. The number of aliphatic hydroxyl groups excluding tert-OH is 3. The third-order valence-corrected chi connectivity index (χ3v) is 2.50. The number of aliphatic hydroxyl groups is 3. The topological polar surface area (TPSA) is 99.0 Å². The number of nitrogens with one attached hydrogen (secondary N) is 1. The van der Waals surface area contributed by atoms with Crippen LogP contribution in [-0.2, 0) is 9.53 Å². The molecule has 88 valence electrons. The first kappa shape index (κ1) is 12.4. The van der Waals surface area contributed by atoms with Gasteiger partial charge in [0.1, 0.15) is 24.4 Å². The monoisotopic (exact) mass is 219 g/mol. The van der Waals surface area contributed by atoms with Crippen molar-refractivity contribution in [3.05, 3.63) is 0 Å². The smallest absolute Gasteiger partial charge is 0.216 e. The lowest BCUT2D eigenvalue weighted by Gasteiger charge is -2.39. The highest BCUT2D eigenvalue weighted by atomic mass is 16.5. The molecule has 0 aliphatic carbocycles. The molecule has 0 bridgehead atoms. The molecule has 1 rings (SSSR count). The van der Waals surface area contributed by atoms with Gasteiger partial charge < -0.3 is 25.4 Å². The summed E-state index contributed by atoms with van der Waals surface area (Å²) < 4.78 is 5.26. The first-order valence-electron chi connectivity index (χ1n) is 4.87. The Morgan fingerprint density at radius 3 is 2.40 bits per heavy atom. The van der Waals surface area contributed by atoms with Crippen molar-refractivity contribution in [2.24, 2.45) is 0 Å². The second-order valence-electron chi connectivity index (χ2n) is 3.79. The largest absolute Gasteiger partial charge is 0.388 e. The third kappa shape index (κ3) is 2.88. The van der Waals surface area contributed by atoms with Gasteiger partial charge in [-0.05, 0) is 6.92 Å². The molecule has 6 heteroatoms. The zero-order valence-corrected chi connectivity index (χ0v) is 8.75. The van der Waals surface area contributed by atoms with E-state index in [1.165, 1.54) is 6.92 Å². The molecular weight excluding hydrogens is 202 g/mol. The van der Waals surface area contributed by atoms with Gasteiger partial charge in [-0.3, -0.25) is 4.79 Å². The normalized spacial score (nSPS) is 41.3. The fourth-order valence-electron chi connectivity index (χ4n) is 1.55. The molecule has 1 aliphatic rings. The van der Waals surface area contributed by atoms with E-state index < -0.39 is 30.5 Å². The highest BCUT2D eigenvalue weighted by molar-refractivity contribution is 5.72. The molecule has 0 radical (unpaired) electrons. The van der Waals surface area contributed by atoms with E-state index in [4.69, 9.17) is 4.74 Å². The molecular formula is C9H17NO5. The molecule has 1 amide bonds. The van der Waals surface area contributed by atoms with Crippen LogP contribution in [0.2, 0.25) is 0 Å². The standard InChI is InChI=1S/C9H17NO5/c1-4-7(12)9(14)8(13)6(15-4)3-10-5(2)11/h4,6-9,12-14H,3H2,1-2H3,(H,10,11)/t4-,6?,7-,8-,9?/m0/s1. The van der Waals surface area contributed by atoms with Crippen LogP contribution in [0.5, 0.6) is 0 Å². The summed E-state index contributed by atoms with van der Waals surface area (Å²) in [7, 11) is 0. The molecule has 4 N–H and O–H groups in total. The van der Waals surface area contributed by atoms with Crippen LogP contribution in [0.25, 0.3) is 0 Å². The van der Waals surface area contributed by atoms with E-state index in [9.17, 15) is 20.1 Å². The van der Waals surface area contributed by atoms with E-state index >= 15 is 0 Å². The zero-order valence-electron chi connectivity index (χ0n) is 8.75. The highest BCUT2D eigenvalue weighted by Gasteiger charge is 2.41. The number of carbonyl (C=O) groups is 1. The maximum absolute atomic E-state index is 10.7. The number of amides is 1. The van der Waals surface area contributed by atoms with Gasteiger partial charge in [0.15, 0.2) is 0 Å². The minimum absolute atomic E-state index is 0.116. The van der Waals surface area contributed by atoms with Crippen LogP contribution in [0.15, 0.2) is 0 Å². The van der Waals surface area contributed by atoms with Crippen molar-refractivity contribution in [3.63, 3.8) is 0 Å². The summed E-state index contributed by atoms with van der Waals surface area (Å²) in [5, 5.41) is 30.9. The summed E-state index contributed by atoms with van der Waals surface area (Å²) in [5.74, 6) is -0.237. The Kier molecular flexibility index (Phi) is 4.04. The first-order valence-corrected chi connectivity index (χ1v) is 4.87. The quantitative estimate of drug-likeness (QED) is 0.430. The van der Waals surface area contributed by atoms with Crippen molar-refractivity contribution in [2.75, 3.05) is 6.54 Å². The van der Waals surface area contributed by atoms with Crippen molar-refractivity contribution in [2.45, 2.75) is 44.4 Å². The second-order valence-corrected chi connectivity index (χ2v) is 3.79. The van der Waals surface area contributed by atoms with Crippen LogP contribution in [0, 0.1) is 0 Å². The molecule has 15 heavy (non-hydrogen) atoms. The highest BCUT2D eigenvalue weighted by Crippen LogP contribution is 2.20. The van der Waals surface area contributed by atoms with E-state index in [0.29, 0.717) is 0 Å². The number of carbonyl (C=O) groups excluding carboxylic acids is 1. The van der Waals surface area contributed by atoms with Gasteiger partial charge in [-0.2, -0.15) is 0 Å². The Hall–Kier alpha value is -0.690. The Labute approximate surface area is 87.9 Å². The van der Waals surface area contributed by atoms with Gasteiger partial charge in [-0.15, -0.1) is 0 Å². The van der Waals surface area contributed by atoms with Crippen molar-refractivity contribution in [3.8, 4) is 0 Å². The minimum atomic E-state index is -1.24. The van der Waals surface area contributed by atoms with Gasteiger partial charge in [0.25, 0.3) is 0 Å². The predicted octanol–water partition coefficient (Wildman–Crippen LogP) is -2.01. The summed E-state index contributed by atoms with van der Waals surface area (Å²) in [5.41, 5.74) is 0. The predicted molar refractivity (Wildman–Crippen MR) is 51.0 cm³/mol. The molecule has 1 heterocycles. The number of hydrogen-bond donors (Lipinski definition) is 4. The molecule has 0 aromatic heterocycles. The van der Waals surface area contributed by atoms with Crippen LogP contribution in [0.1, 0.15) is 13.8 Å². The lowest BCUT2D eigenvalue weighted by Crippen LogP contribution is -2.59. The van der Waals surface area contributed by atoms with E-state index in [2.05, 4.69) is 5.32 Å². The average Bonchev–Trinajstić information content (AvgIpc) is 2.18. The Morgan fingerprint density at radius 1 is 1.27 bits per heavy atom. The summed E-state index contributed by atoms with van der Waals surface area (Å²) >= 11 is 0. The lowest BCUT2D eigenvalue weighted by molar-refractivity contribution is -0.215. The van der Waals surface area contributed by atoms with Gasteiger partial charge in [0.05, 0.1) is 6.10 Å². The molecule has 5 atom stereocenters. The maximum atomic E-state index is 10.7. The molecule has 0 aromatic rings.